The lowest BCUT2D eigenvalue weighted by Gasteiger charge is -2.23. The molecule has 180 valence electrons. The van der Waals surface area contributed by atoms with Gasteiger partial charge in [-0.15, -0.1) is 0 Å². The molecule has 0 amide bonds. The fourth-order valence-electron chi connectivity index (χ4n) is 3.87. The first-order valence-corrected chi connectivity index (χ1v) is 12.5. The molecule has 0 saturated carbocycles. The molecular weight excluding hydrogens is 470 g/mol. The molecule has 0 aliphatic carbocycles. The summed E-state index contributed by atoms with van der Waals surface area (Å²) in [6.07, 6.45) is 6.04. The second-order valence-corrected chi connectivity index (χ2v) is 9.56. The van der Waals surface area contributed by atoms with E-state index in [0.29, 0.717) is 41.6 Å². The number of nitrogens with one attached hydrogen (secondary N) is 1. The maximum absolute atomic E-state index is 12.9. The molecule has 11 heteroatoms. The highest BCUT2D eigenvalue weighted by Crippen LogP contribution is 2.35. The number of fused-ring (bicyclic) bond motifs is 1. The van der Waals surface area contributed by atoms with Crippen molar-refractivity contribution in [3.8, 4) is 23.0 Å². The van der Waals surface area contributed by atoms with Crippen molar-refractivity contribution in [1.29, 1.82) is 0 Å². The van der Waals surface area contributed by atoms with E-state index in [1.165, 1.54) is 24.7 Å². The van der Waals surface area contributed by atoms with Crippen LogP contribution in [0.2, 0.25) is 0 Å². The number of hydrogen-bond donors (Lipinski definition) is 1. The van der Waals surface area contributed by atoms with Crippen molar-refractivity contribution in [3.05, 3.63) is 61.2 Å². The van der Waals surface area contributed by atoms with E-state index in [1.807, 2.05) is 6.07 Å². The normalized spacial score (nSPS) is 14.5. The zero-order chi connectivity index (χ0) is 24.3. The number of ether oxygens (including phenoxy) is 3. The Balaban J connectivity index is 1.47. The van der Waals surface area contributed by atoms with Crippen LogP contribution < -0.4 is 14.2 Å². The van der Waals surface area contributed by atoms with Crippen LogP contribution in [-0.2, 0) is 14.8 Å². The van der Waals surface area contributed by atoms with Gasteiger partial charge in [0.2, 0.25) is 11.8 Å². The SMILES string of the molecule is COc1nc(OC2CCOCC2)ccc1-c1nccc2cc(S(=O)(=O)Nc3ccncn3)ccc12. The lowest BCUT2D eigenvalue weighted by atomic mass is 10.0. The van der Waals surface area contributed by atoms with E-state index in [1.54, 1.807) is 37.6 Å². The van der Waals surface area contributed by atoms with Gasteiger partial charge in [0.25, 0.3) is 10.0 Å². The zero-order valence-electron chi connectivity index (χ0n) is 18.9. The summed E-state index contributed by atoms with van der Waals surface area (Å²) in [7, 11) is -2.30. The smallest absolute Gasteiger partial charge is 0.263 e. The minimum Gasteiger partial charge on any atom is -0.480 e. The molecular formula is C24H23N5O5S. The molecule has 1 aliphatic heterocycles. The summed E-state index contributed by atoms with van der Waals surface area (Å²) in [5.74, 6) is 1.04. The second kappa shape index (κ2) is 9.80. The van der Waals surface area contributed by atoms with Crippen molar-refractivity contribution in [2.24, 2.45) is 0 Å². The third-order valence-corrected chi connectivity index (χ3v) is 6.96. The largest absolute Gasteiger partial charge is 0.480 e. The average molecular weight is 494 g/mol. The second-order valence-electron chi connectivity index (χ2n) is 7.88. The number of anilines is 1. The summed E-state index contributed by atoms with van der Waals surface area (Å²) >= 11 is 0. The number of sulfonamides is 1. The Labute approximate surface area is 202 Å². The minimum absolute atomic E-state index is 0.0545. The Morgan fingerprint density at radius 2 is 1.89 bits per heavy atom. The number of methoxy groups -OCH3 is 1. The molecule has 0 bridgehead atoms. The highest BCUT2D eigenvalue weighted by atomic mass is 32.2. The molecule has 1 N–H and O–H groups in total. The first-order chi connectivity index (χ1) is 17.0. The number of pyridine rings is 2. The lowest BCUT2D eigenvalue weighted by Crippen LogP contribution is -2.26. The highest BCUT2D eigenvalue weighted by Gasteiger charge is 2.20. The van der Waals surface area contributed by atoms with Gasteiger partial charge < -0.3 is 14.2 Å². The van der Waals surface area contributed by atoms with Gasteiger partial charge >= 0.3 is 0 Å². The first kappa shape index (κ1) is 22.9. The molecule has 1 aliphatic rings. The Kier molecular flexibility index (Phi) is 6.43. The zero-order valence-corrected chi connectivity index (χ0v) is 19.7. The fraction of sp³-hybridized carbons (Fsp3) is 0.250. The maximum atomic E-state index is 12.9. The van der Waals surface area contributed by atoms with Crippen molar-refractivity contribution in [1.82, 2.24) is 19.9 Å². The molecule has 10 nitrogen and oxygen atoms in total. The molecule has 1 aromatic carbocycles. The van der Waals surface area contributed by atoms with E-state index in [4.69, 9.17) is 14.2 Å². The molecule has 3 aromatic heterocycles. The summed E-state index contributed by atoms with van der Waals surface area (Å²) in [6, 6.07) is 11.7. The van der Waals surface area contributed by atoms with Crippen LogP contribution in [0.4, 0.5) is 5.82 Å². The first-order valence-electron chi connectivity index (χ1n) is 11.0. The number of nitrogens with zero attached hydrogens (tertiary/aromatic N) is 4. The monoisotopic (exact) mass is 493 g/mol. The van der Waals surface area contributed by atoms with E-state index < -0.39 is 10.0 Å². The third-order valence-electron chi connectivity index (χ3n) is 5.61. The van der Waals surface area contributed by atoms with Crippen molar-refractivity contribution < 1.29 is 22.6 Å². The van der Waals surface area contributed by atoms with Crippen LogP contribution in [0.1, 0.15) is 12.8 Å². The van der Waals surface area contributed by atoms with Crippen molar-refractivity contribution in [2.45, 2.75) is 23.8 Å². The molecule has 0 spiro atoms. The summed E-state index contributed by atoms with van der Waals surface area (Å²) in [4.78, 5) is 16.9. The number of aromatic nitrogens is 4. The van der Waals surface area contributed by atoms with E-state index in [2.05, 4.69) is 24.7 Å². The van der Waals surface area contributed by atoms with Crippen molar-refractivity contribution in [3.63, 3.8) is 0 Å². The predicted molar refractivity (Wildman–Crippen MR) is 129 cm³/mol. The molecule has 1 fully saturated rings. The van der Waals surface area contributed by atoms with Crippen LogP contribution in [0.5, 0.6) is 11.8 Å². The Morgan fingerprint density at radius 1 is 1.03 bits per heavy atom. The third kappa shape index (κ3) is 5.00. The van der Waals surface area contributed by atoms with Gasteiger partial charge in [0.15, 0.2) is 0 Å². The molecule has 35 heavy (non-hydrogen) atoms. The van der Waals surface area contributed by atoms with Gasteiger partial charge in [-0.2, -0.15) is 4.98 Å². The van der Waals surface area contributed by atoms with Gasteiger partial charge in [-0.3, -0.25) is 9.71 Å². The summed E-state index contributed by atoms with van der Waals surface area (Å²) in [5.41, 5.74) is 1.30. The molecule has 1 saturated heterocycles. The van der Waals surface area contributed by atoms with Gasteiger partial charge in [-0.25, -0.2) is 18.4 Å². The molecule has 4 heterocycles. The van der Waals surface area contributed by atoms with Crippen LogP contribution in [0, 0.1) is 0 Å². The molecule has 0 unspecified atom stereocenters. The topological polar surface area (TPSA) is 125 Å². The van der Waals surface area contributed by atoms with Crippen molar-refractivity contribution >= 4 is 26.6 Å². The van der Waals surface area contributed by atoms with Gasteiger partial charge in [0.05, 0.1) is 36.5 Å². The number of rotatable bonds is 7. The summed E-state index contributed by atoms with van der Waals surface area (Å²) < 4.78 is 45.1. The van der Waals surface area contributed by atoms with E-state index >= 15 is 0 Å². The van der Waals surface area contributed by atoms with Crippen molar-refractivity contribution in [2.75, 3.05) is 25.0 Å². The van der Waals surface area contributed by atoms with E-state index in [-0.39, 0.29) is 16.8 Å². The molecule has 5 rings (SSSR count). The van der Waals surface area contributed by atoms with E-state index in [9.17, 15) is 8.42 Å². The van der Waals surface area contributed by atoms with Crippen LogP contribution in [-0.4, -0.2) is 54.8 Å². The number of hydrogen-bond acceptors (Lipinski definition) is 9. The standard InChI is InChI=1S/C24H23N5O5S/c1-32-24-20(4-5-22(28-24)34-17-8-12-33-13-9-17)23-19-3-2-18(14-16(19)6-11-26-23)35(30,31)29-21-7-10-25-15-27-21/h2-7,10-11,14-15,17H,8-9,12-13H2,1H3,(H,25,27,29). The fourth-order valence-corrected chi connectivity index (χ4v) is 4.92. The van der Waals surface area contributed by atoms with E-state index in [0.717, 1.165) is 18.2 Å². The minimum atomic E-state index is -3.84. The Bertz CT molecular complexity index is 1440. The summed E-state index contributed by atoms with van der Waals surface area (Å²) in [6.45, 7) is 1.35. The number of benzene rings is 1. The van der Waals surface area contributed by atoms with Gasteiger partial charge in [-0.1, -0.05) is 6.07 Å². The van der Waals surface area contributed by atoms with Gasteiger partial charge in [0.1, 0.15) is 18.2 Å². The quantitative estimate of drug-likeness (QED) is 0.412. The van der Waals surface area contributed by atoms with Crippen LogP contribution in [0.15, 0.2) is 66.1 Å². The predicted octanol–water partition coefficient (Wildman–Crippen LogP) is 3.45. The average Bonchev–Trinajstić information content (AvgIpc) is 2.89. The van der Waals surface area contributed by atoms with Gasteiger partial charge in [-0.05, 0) is 35.7 Å². The van der Waals surface area contributed by atoms with Crippen LogP contribution >= 0.6 is 0 Å². The Morgan fingerprint density at radius 3 is 2.66 bits per heavy atom. The molecule has 4 aromatic rings. The maximum Gasteiger partial charge on any atom is 0.263 e. The van der Waals surface area contributed by atoms with Crippen LogP contribution in [0.25, 0.3) is 22.0 Å². The lowest BCUT2D eigenvalue weighted by molar-refractivity contribution is 0.0235. The summed E-state index contributed by atoms with van der Waals surface area (Å²) in [5, 5.41) is 1.46. The highest BCUT2D eigenvalue weighted by molar-refractivity contribution is 7.92. The molecule has 0 atom stereocenters. The van der Waals surface area contributed by atoms with Gasteiger partial charge in [0, 0.05) is 36.7 Å². The molecule has 0 radical (unpaired) electrons. The van der Waals surface area contributed by atoms with Crippen LogP contribution in [0.3, 0.4) is 0 Å². The Hall–Kier alpha value is -3.83.